The second kappa shape index (κ2) is 6.29. The molecule has 19 heavy (non-hydrogen) atoms. The number of hydrogen-bond acceptors (Lipinski definition) is 5. The fourth-order valence-corrected chi connectivity index (χ4v) is 1.96. The quantitative estimate of drug-likeness (QED) is 0.463. The van der Waals surface area contributed by atoms with E-state index in [9.17, 15) is 14.9 Å². The van der Waals surface area contributed by atoms with Crippen molar-refractivity contribution < 1.29 is 19.2 Å². The maximum atomic E-state index is 11.7. The first-order valence-electron chi connectivity index (χ1n) is 6.20. The Bertz CT molecular complexity index is 451. The van der Waals surface area contributed by atoms with E-state index in [-0.39, 0.29) is 11.8 Å². The zero-order chi connectivity index (χ0) is 13.7. The topological polar surface area (TPSA) is 78.7 Å². The Morgan fingerprint density at radius 3 is 2.74 bits per heavy atom. The Morgan fingerprint density at radius 1 is 1.42 bits per heavy atom. The molecule has 6 heteroatoms. The van der Waals surface area contributed by atoms with E-state index in [1.165, 1.54) is 24.3 Å². The normalized spacial score (nSPS) is 18.2. The number of non-ortho nitro benzene ring substituents is 1. The molecule has 102 valence electrons. The standard InChI is InChI=1S/C13H15NO5/c15-13(19-9-7-12-2-1-8-18-12)10-3-5-11(6-4-10)14(16)17/h3-6,12H,1-2,7-9H2/t12-/m1/s1. The van der Waals surface area contributed by atoms with Gasteiger partial charge in [0.2, 0.25) is 0 Å². The summed E-state index contributed by atoms with van der Waals surface area (Å²) in [5.41, 5.74) is 0.272. The van der Waals surface area contributed by atoms with Gasteiger partial charge in [-0.05, 0) is 25.0 Å². The number of esters is 1. The van der Waals surface area contributed by atoms with Crippen LogP contribution in [0.15, 0.2) is 24.3 Å². The lowest BCUT2D eigenvalue weighted by molar-refractivity contribution is -0.384. The van der Waals surface area contributed by atoms with Crippen LogP contribution in [0.3, 0.4) is 0 Å². The van der Waals surface area contributed by atoms with E-state index in [1.54, 1.807) is 0 Å². The zero-order valence-electron chi connectivity index (χ0n) is 10.4. The van der Waals surface area contributed by atoms with Crippen molar-refractivity contribution in [3.05, 3.63) is 39.9 Å². The first-order valence-corrected chi connectivity index (χ1v) is 6.20. The lowest BCUT2D eigenvalue weighted by Crippen LogP contribution is -2.12. The largest absolute Gasteiger partial charge is 0.462 e. The number of nitro benzene ring substituents is 1. The van der Waals surface area contributed by atoms with Crippen LogP contribution in [0.1, 0.15) is 29.6 Å². The molecule has 1 aliphatic heterocycles. The molecule has 1 aromatic carbocycles. The van der Waals surface area contributed by atoms with Gasteiger partial charge in [-0.25, -0.2) is 4.79 Å². The molecule has 1 saturated heterocycles. The van der Waals surface area contributed by atoms with Gasteiger partial charge in [0.25, 0.3) is 5.69 Å². The average molecular weight is 265 g/mol. The Kier molecular flexibility index (Phi) is 4.46. The molecule has 0 radical (unpaired) electrons. The molecule has 0 bridgehead atoms. The van der Waals surface area contributed by atoms with E-state index in [0.717, 1.165) is 19.4 Å². The number of hydrogen-bond donors (Lipinski definition) is 0. The van der Waals surface area contributed by atoms with Crippen LogP contribution in [-0.2, 0) is 9.47 Å². The van der Waals surface area contributed by atoms with Crippen molar-refractivity contribution in [3.63, 3.8) is 0 Å². The summed E-state index contributed by atoms with van der Waals surface area (Å²) in [5, 5.41) is 10.5. The number of nitrogens with zero attached hydrogens (tertiary/aromatic N) is 1. The molecule has 1 aromatic rings. The minimum absolute atomic E-state index is 0.0455. The molecule has 1 atom stereocenters. The third-order valence-electron chi connectivity index (χ3n) is 3.01. The van der Waals surface area contributed by atoms with E-state index < -0.39 is 10.9 Å². The smallest absolute Gasteiger partial charge is 0.338 e. The van der Waals surface area contributed by atoms with Crippen molar-refractivity contribution in [2.45, 2.75) is 25.4 Å². The van der Waals surface area contributed by atoms with Gasteiger partial charge in [-0.2, -0.15) is 0 Å². The maximum absolute atomic E-state index is 11.7. The van der Waals surface area contributed by atoms with Gasteiger partial charge in [0.05, 0.1) is 23.2 Å². The van der Waals surface area contributed by atoms with Crippen LogP contribution >= 0.6 is 0 Å². The molecule has 2 rings (SSSR count). The highest BCUT2D eigenvalue weighted by Gasteiger charge is 2.16. The Hall–Kier alpha value is -1.95. The van der Waals surface area contributed by atoms with Crippen LogP contribution < -0.4 is 0 Å². The van der Waals surface area contributed by atoms with Gasteiger partial charge in [0, 0.05) is 25.2 Å². The summed E-state index contributed by atoms with van der Waals surface area (Å²) in [7, 11) is 0. The summed E-state index contributed by atoms with van der Waals surface area (Å²) in [6, 6.07) is 5.37. The fourth-order valence-electron chi connectivity index (χ4n) is 1.96. The summed E-state index contributed by atoms with van der Waals surface area (Å²) in [4.78, 5) is 21.6. The second-order valence-electron chi connectivity index (χ2n) is 4.36. The van der Waals surface area contributed by atoms with Gasteiger partial charge in [-0.1, -0.05) is 0 Å². The van der Waals surface area contributed by atoms with Crippen LogP contribution in [0.25, 0.3) is 0 Å². The number of nitro groups is 1. The molecule has 0 aromatic heterocycles. The predicted octanol–water partition coefficient (Wildman–Crippen LogP) is 2.32. The van der Waals surface area contributed by atoms with Crippen LogP contribution in [0.4, 0.5) is 5.69 Å². The van der Waals surface area contributed by atoms with Crippen molar-refractivity contribution >= 4 is 11.7 Å². The summed E-state index contributed by atoms with van der Waals surface area (Å²) >= 11 is 0. The Morgan fingerprint density at radius 2 is 2.16 bits per heavy atom. The van der Waals surface area contributed by atoms with E-state index in [0.29, 0.717) is 18.6 Å². The van der Waals surface area contributed by atoms with E-state index in [1.807, 2.05) is 0 Å². The Balaban J connectivity index is 1.80. The maximum Gasteiger partial charge on any atom is 0.338 e. The molecule has 0 aliphatic carbocycles. The molecule has 0 unspecified atom stereocenters. The van der Waals surface area contributed by atoms with Gasteiger partial charge in [-0.3, -0.25) is 10.1 Å². The van der Waals surface area contributed by atoms with Gasteiger partial charge < -0.3 is 9.47 Å². The van der Waals surface area contributed by atoms with Gasteiger partial charge in [0.1, 0.15) is 0 Å². The fraction of sp³-hybridized carbons (Fsp3) is 0.462. The van der Waals surface area contributed by atoms with Gasteiger partial charge in [0.15, 0.2) is 0 Å². The van der Waals surface area contributed by atoms with Crippen molar-refractivity contribution in [1.29, 1.82) is 0 Å². The first-order chi connectivity index (χ1) is 9.16. The minimum atomic E-state index is -0.507. The number of carbonyl (C=O) groups is 1. The summed E-state index contributed by atoms with van der Waals surface area (Å²) in [5.74, 6) is -0.465. The molecular formula is C13H15NO5. The highest BCUT2D eigenvalue weighted by Crippen LogP contribution is 2.16. The monoisotopic (exact) mass is 265 g/mol. The molecular weight excluding hydrogens is 250 g/mol. The number of ether oxygens (including phenoxy) is 2. The highest BCUT2D eigenvalue weighted by molar-refractivity contribution is 5.89. The molecule has 1 fully saturated rings. The van der Waals surface area contributed by atoms with Crippen LogP contribution in [0, 0.1) is 10.1 Å². The second-order valence-corrected chi connectivity index (χ2v) is 4.36. The molecule has 0 saturated carbocycles. The van der Waals surface area contributed by atoms with Crippen molar-refractivity contribution in [2.24, 2.45) is 0 Å². The van der Waals surface area contributed by atoms with Crippen molar-refractivity contribution in [2.75, 3.05) is 13.2 Å². The summed E-state index contributed by atoms with van der Waals surface area (Å²) in [6.45, 7) is 1.08. The molecule has 1 aliphatic rings. The Labute approximate surface area is 110 Å². The summed E-state index contributed by atoms with van der Waals surface area (Å²) < 4.78 is 10.5. The van der Waals surface area contributed by atoms with Crippen LogP contribution in [0.2, 0.25) is 0 Å². The van der Waals surface area contributed by atoms with Crippen molar-refractivity contribution in [3.8, 4) is 0 Å². The van der Waals surface area contributed by atoms with Crippen LogP contribution in [0.5, 0.6) is 0 Å². The third-order valence-corrected chi connectivity index (χ3v) is 3.01. The molecule has 1 heterocycles. The molecule has 0 N–H and O–H groups in total. The summed E-state index contributed by atoms with van der Waals surface area (Å²) in [6.07, 6.45) is 2.94. The number of benzene rings is 1. The molecule has 6 nitrogen and oxygen atoms in total. The highest BCUT2D eigenvalue weighted by atomic mass is 16.6. The minimum Gasteiger partial charge on any atom is -0.462 e. The lowest BCUT2D eigenvalue weighted by Gasteiger charge is -2.09. The lowest BCUT2D eigenvalue weighted by atomic mass is 10.2. The number of rotatable bonds is 5. The van der Waals surface area contributed by atoms with E-state index in [2.05, 4.69) is 0 Å². The number of carbonyl (C=O) groups excluding carboxylic acids is 1. The van der Waals surface area contributed by atoms with Crippen LogP contribution in [-0.4, -0.2) is 30.2 Å². The predicted molar refractivity (Wildman–Crippen MR) is 67.0 cm³/mol. The first kappa shape index (κ1) is 13.5. The SMILES string of the molecule is O=C(OCC[C@H]1CCCO1)c1ccc([N+](=O)[O-])cc1. The van der Waals surface area contributed by atoms with E-state index >= 15 is 0 Å². The van der Waals surface area contributed by atoms with E-state index in [4.69, 9.17) is 9.47 Å². The van der Waals surface area contributed by atoms with Gasteiger partial charge in [-0.15, -0.1) is 0 Å². The molecule has 0 spiro atoms. The average Bonchev–Trinajstić information content (AvgIpc) is 2.92. The van der Waals surface area contributed by atoms with Crippen molar-refractivity contribution in [1.82, 2.24) is 0 Å². The molecule has 0 amide bonds. The zero-order valence-corrected chi connectivity index (χ0v) is 10.4. The van der Waals surface area contributed by atoms with Gasteiger partial charge >= 0.3 is 5.97 Å². The third kappa shape index (κ3) is 3.75.